The lowest BCUT2D eigenvalue weighted by Crippen LogP contribution is -2.18. The monoisotopic (exact) mass is 195 g/mol. The van der Waals surface area contributed by atoms with Gasteiger partial charge in [-0.15, -0.1) is 11.3 Å². The minimum Gasteiger partial charge on any atom is -0.297 e. The summed E-state index contributed by atoms with van der Waals surface area (Å²) in [7, 11) is 0. The van der Waals surface area contributed by atoms with Crippen molar-refractivity contribution >= 4 is 11.3 Å². The highest BCUT2D eigenvalue weighted by Crippen LogP contribution is 2.23. The van der Waals surface area contributed by atoms with Crippen LogP contribution in [-0.4, -0.2) is 11.5 Å². The number of aromatic nitrogens is 1. The molecule has 1 aromatic heterocycles. The molecule has 3 nitrogen and oxygen atoms in total. The van der Waals surface area contributed by atoms with Gasteiger partial charge in [0.25, 0.3) is 0 Å². The lowest BCUT2D eigenvalue weighted by atomic mass is 10.2. The molecule has 1 heterocycles. The Morgan fingerprint density at radius 3 is 2.77 bits per heavy atom. The summed E-state index contributed by atoms with van der Waals surface area (Å²) in [5.41, 5.74) is 1.07. The molecule has 0 amide bonds. The molecule has 1 atom stereocenters. The molecule has 0 saturated carbocycles. The molecule has 0 aliphatic carbocycles. The molecular formula is C9H13N3S. The Morgan fingerprint density at radius 1 is 1.62 bits per heavy atom. The van der Waals surface area contributed by atoms with Gasteiger partial charge in [0, 0.05) is 10.9 Å². The fourth-order valence-electron chi connectivity index (χ4n) is 1.24. The van der Waals surface area contributed by atoms with E-state index in [4.69, 9.17) is 5.26 Å². The number of nitriles is 1. The molecule has 1 aromatic rings. The van der Waals surface area contributed by atoms with E-state index in [-0.39, 0.29) is 6.04 Å². The van der Waals surface area contributed by atoms with Crippen LogP contribution >= 0.6 is 11.3 Å². The van der Waals surface area contributed by atoms with Crippen molar-refractivity contribution in [1.29, 1.82) is 5.26 Å². The van der Waals surface area contributed by atoms with E-state index >= 15 is 0 Å². The zero-order chi connectivity index (χ0) is 9.84. The Balaban J connectivity index is 2.71. The van der Waals surface area contributed by atoms with Crippen LogP contribution in [0.15, 0.2) is 0 Å². The van der Waals surface area contributed by atoms with Crippen molar-refractivity contribution in [3.05, 3.63) is 15.6 Å². The van der Waals surface area contributed by atoms with Crippen LogP contribution in [0.3, 0.4) is 0 Å². The first-order valence-corrected chi connectivity index (χ1v) is 5.01. The van der Waals surface area contributed by atoms with E-state index in [1.807, 2.05) is 13.8 Å². The number of aryl methyl sites for hydroxylation is 2. The smallest absolute Gasteiger partial charge is 0.0900 e. The zero-order valence-electron chi connectivity index (χ0n) is 8.09. The fraction of sp³-hybridized carbons (Fsp3) is 0.556. The minimum absolute atomic E-state index is 0.228. The standard InChI is InChI=1S/C9H13N3S/c1-6(11-5-4-10)9-7(2)12-8(3)13-9/h6,11H,5H2,1-3H3. The first-order chi connectivity index (χ1) is 6.15. The molecule has 0 aliphatic rings. The van der Waals surface area contributed by atoms with Crippen molar-refractivity contribution in [3.63, 3.8) is 0 Å². The van der Waals surface area contributed by atoms with Crippen LogP contribution in [0.1, 0.15) is 28.5 Å². The van der Waals surface area contributed by atoms with Crippen molar-refractivity contribution in [2.24, 2.45) is 0 Å². The van der Waals surface area contributed by atoms with Gasteiger partial charge in [-0.25, -0.2) is 4.98 Å². The molecule has 1 N–H and O–H groups in total. The number of thiazole rings is 1. The van der Waals surface area contributed by atoms with E-state index in [0.29, 0.717) is 6.54 Å². The SMILES string of the molecule is Cc1nc(C)c(C(C)NCC#N)s1. The molecule has 4 heteroatoms. The van der Waals surface area contributed by atoms with E-state index in [9.17, 15) is 0 Å². The second-order valence-corrected chi connectivity index (χ2v) is 4.18. The van der Waals surface area contributed by atoms with Crippen LogP contribution in [-0.2, 0) is 0 Å². The Labute approximate surface area is 82.4 Å². The highest BCUT2D eigenvalue weighted by molar-refractivity contribution is 7.11. The van der Waals surface area contributed by atoms with Gasteiger partial charge in [-0.3, -0.25) is 5.32 Å². The third kappa shape index (κ3) is 2.51. The minimum atomic E-state index is 0.228. The van der Waals surface area contributed by atoms with Crippen LogP contribution in [0.4, 0.5) is 0 Å². The van der Waals surface area contributed by atoms with Gasteiger partial charge in [-0.2, -0.15) is 5.26 Å². The largest absolute Gasteiger partial charge is 0.297 e. The normalized spacial score (nSPS) is 12.5. The molecule has 0 spiro atoms. The third-order valence-electron chi connectivity index (χ3n) is 1.82. The first kappa shape index (κ1) is 10.2. The summed E-state index contributed by atoms with van der Waals surface area (Å²) >= 11 is 1.69. The van der Waals surface area contributed by atoms with E-state index in [1.54, 1.807) is 11.3 Å². The summed E-state index contributed by atoms with van der Waals surface area (Å²) in [6.45, 7) is 6.44. The maximum absolute atomic E-state index is 8.41. The van der Waals surface area contributed by atoms with Gasteiger partial charge in [-0.05, 0) is 20.8 Å². The summed E-state index contributed by atoms with van der Waals surface area (Å²) in [4.78, 5) is 5.57. The van der Waals surface area contributed by atoms with Crippen molar-refractivity contribution in [2.45, 2.75) is 26.8 Å². The molecule has 0 fully saturated rings. The maximum Gasteiger partial charge on any atom is 0.0900 e. The van der Waals surface area contributed by atoms with E-state index in [0.717, 1.165) is 10.7 Å². The summed E-state index contributed by atoms with van der Waals surface area (Å²) in [6.07, 6.45) is 0. The van der Waals surface area contributed by atoms with Crippen LogP contribution in [0.25, 0.3) is 0 Å². The Kier molecular flexibility index (Phi) is 3.40. The topological polar surface area (TPSA) is 48.7 Å². The van der Waals surface area contributed by atoms with Crippen molar-refractivity contribution in [1.82, 2.24) is 10.3 Å². The molecular weight excluding hydrogens is 182 g/mol. The average Bonchev–Trinajstić information content (AvgIpc) is 2.41. The summed E-state index contributed by atoms with van der Waals surface area (Å²) in [6, 6.07) is 2.30. The predicted octanol–water partition coefficient (Wildman–Crippen LogP) is 1.93. The van der Waals surface area contributed by atoms with Gasteiger partial charge in [0.05, 0.1) is 23.3 Å². The number of nitrogens with one attached hydrogen (secondary N) is 1. The van der Waals surface area contributed by atoms with E-state index in [2.05, 4.69) is 23.3 Å². The van der Waals surface area contributed by atoms with Gasteiger partial charge in [0.1, 0.15) is 0 Å². The predicted molar refractivity (Wildman–Crippen MR) is 53.6 cm³/mol. The van der Waals surface area contributed by atoms with Crippen LogP contribution in [0.2, 0.25) is 0 Å². The van der Waals surface area contributed by atoms with Crippen molar-refractivity contribution in [2.75, 3.05) is 6.54 Å². The Hall–Kier alpha value is -0.920. The van der Waals surface area contributed by atoms with Gasteiger partial charge < -0.3 is 0 Å². The highest BCUT2D eigenvalue weighted by Gasteiger charge is 2.11. The number of nitrogens with zero attached hydrogens (tertiary/aromatic N) is 2. The van der Waals surface area contributed by atoms with Gasteiger partial charge in [0.2, 0.25) is 0 Å². The quantitative estimate of drug-likeness (QED) is 0.750. The van der Waals surface area contributed by atoms with Crippen LogP contribution < -0.4 is 5.32 Å². The first-order valence-electron chi connectivity index (χ1n) is 4.19. The van der Waals surface area contributed by atoms with Crippen molar-refractivity contribution < 1.29 is 0 Å². The summed E-state index contributed by atoms with van der Waals surface area (Å²) in [5.74, 6) is 0. The highest BCUT2D eigenvalue weighted by atomic mass is 32.1. The van der Waals surface area contributed by atoms with Gasteiger partial charge >= 0.3 is 0 Å². The van der Waals surface area contributed by atoms with Crippen LogP contribution in [0, 0.1) is 25.2 Å². The number of hydrogen-bond donors (Lipinski definition) is 1. The Morgan fingerprint density at radius 2 is 2.31 bits per heavy atom. The second-order valence-electron chi connectivity index (χ2n) is 2.94. The van der Waals surface area contributed by atoms with E-state index < -0.39 is 0 Å². The maximum atomic E-state index is 8.41. The molecule has 0 aliphatic heterocycles. The van der Waals surface area contributed by atoms with Gasteiger partial charge in [0.15, 0.2) is 0 Å². The lowest BCUT2D eigenvalue weighted by molar-refractivity contribution is 0.626. The van der Waals surface area contributed by atoms with Gasteiger partial charge in [-0.1, -0.05) is 0 Å². The summed E-state index contributed by atoms with van der Waals surface area (Å²) in [5, 5.41) is 12.6. The summed E-state index contributed by atoms with van der Waals surface area (Å²) < 4.78 is 0. The molecule has 70 valence electrons. The fourth-order valence-corrected chi connectivity index (χ4v) is 2.19. The zero-order valence-corrected chi connectivity index (χ0v) is 8.90. The molecule has 0 radical (unpaired) electrons. The van der Waals surface area contributed by atoms with Crippen LogP contribution in [0.5, 0.6) is 0 Å². The number of hydrogen-bond acceptors (Lipinski definition) is 4. The molecule has 0 bridgehead atoms. The average molecular weight is 195 g/mol. The molecule has 0 aromatic carbocycles. The van der Waals surface area contributed by atoms with E-state index in [1.165, 1.54) is 4.88 Å². The molecule has 0 saturated heterocycles. The second kappa shape index (κ2) is 4.35. The third-order valence-corrected chi connectivity index (χ3v) is 3.08. The molecule has 13 heavy (non-hydrogen) atoms. The molecule has 1 rings (SSSR count). The number of rotatable bonds is 3. The Bertz CT molecular complexity index is 324. The lowest BCUT2D eigenvalue weighted by Gasteiger charge is -2.08. The van der Waals surface area contributed by atoms with Crippen molar-refractivity contribution in [3.8, 4) is 6.07 Å². The molecule has 1 unspecified atom stereocenters.